The Morgan fingerprint density at radius 2 is 1.65 bits per heavy atom. The van der Waals surface area contributed by atoms with Crippen LogP contribution in [0.5, 0.6) is 0 Å². The Kier molecular flexibility index (Phi) is 3.72. The Morgan fingerprint density at radius 1 is 0.913 bits per heavy atom. The van der Waals surface area contributed by atoms with Gasteiger partial charge in [0.2, 0.25) is 0 Å². The van der Waals surface area contributed by atoms with Gasteiger partial charge in [0.1, 0.15) is 5.78 Å². The molecule has 1 N–H and O–H groups in total. The molecule has 4 aliphatic rings. The van der Waals surface area contributed by atoms with Crippen molar-refractivity contribution in [3.8, 4) is 0 Å². The van der Waals surface area contributed by atoms with E-state index in [2.05, 4.69) is 6.92 Å². The van der Waals surface area contributed by atoms with Crippen LogP contribution in [0.1, 0.15) is 78.6 Å². The van der Waals surface area contributed by atoms with Gasteiger partial charge in [-0.05, 0) is 107 Å². The van der Waals surface area contributed by atoms with Gasteiger partial charge in [-0.2, -0.15) is 0 Å². The van der Waals surface area contributed by atoms with Crippen LogP contribution in [0.25, 0.3) is 0 Å². The first-order valence-electron chi connectivity index (χ1n) is 10.0. The number of hydrogen-bond donors (Lipinski definition) is 1. The molecule has 23 heavy (non-hydrogen) atoms. The molecule has 0 saturated heterocycles. The number of fused-ring (bicyclic) bond motifs is 5. The first kappa shape index (κ1) is 16.1. The van der Waals surface area contributed by atoms with Gasteiger partial charge in [-0.3, -0.25) is 4.79 Å². The van der Waals surface area contributed by atoms with E-state index in [0.29, 0.717) is 17.1 Å². The summed E-state index contributed by atoms with van der Waals surface area (Å²) in [6.07, 6.45) is 11.0. The van der Waals surface area contributed by atoms with Gasteiger partial charge in [0, 0.05) is 5.92 Å². The highest BCUT2D eigenvalue weighted by molar-refractivity contribution is 5.79. The van der Waals surface area contributed by atoms with E-state index in [-0.39, 0.29) is 0 Å². The molecule has 4 rings (SSSR count). The van der Waals surface area contributed by atoms with E-state index in [9.17, 15) is 9.90 Å². The molecule has 8 atom stereocenters. The SMILES string of the molecule is CC(=O)[C@H]1CCC2C3CC[C@@H]4C[C@](C)(O)CC[C@@H]4C3CC[C@@]21C. The highest BCUT2D eigenvalue weighted by Crippen LogP contribution is 2.64. The fourth-order valence-electron chi connectivity index (χ4n) is 7.75. The second-order valence-electron chi connectivity index (χ2n) is 9.96. The van der Waals surface area contributed by atoms with Gasteiger partial charge in [0.15, 0.2) is 0 Å². The van der Waals surface area contributed by atoms with E-state index in [1.54, 1.807) is 0 Å². The molecule has 2 nitrogen and oxygen atoms in total. The molecule has 0 aromatic carbocycles. The van der Waals surface area contributed by atoms with Crippen molar-refractivity contribution in [3.63, 3.8) is 0 Å². The van der Waals surface area contributed by atoms with E-state index in [1.165, 1.54) is 38.5 Å². The molecule has 2 heteroatoms. The van der Waals surface area contributed by atoms with Crippen molar-refractivity contribution < 1.29 is 9.90 Å². The van der Waals surface area contributed by atoms with Crippen LogP contribution in [0.4, 0.5) is 0 Å². The molecule has 4 saturated carbocycles. The lowest BCUT2D eigenvalue weighted by Crippen LogP contribution is -2.50. The van der Waals surface area contributed by atoms with Crippen LogP contribution in [0, 0.1) is 40.9 Å². The number of rotatable bonds is 1. The quantitative estimate of drug-likeness (QED) is 0.767. The summed E-state index contributed by atoms with van der Waals surface area (Å²) in [5, 5.41) is 10.5. The van der Waals surface area contributed by atoms with Crippen LogP contribution in [0.2, 0.25) is 0 Å². The molecular formula is C21H34O2. The number of hydrogen-bond acceptors (Lipinski definition) is 2. The lowest BCUT2D eigenvalue weighted by molar-refractivity contribution is -0.130. The molecule has 0 amide bonds. The van der Waals surface area contributed by atoms with Crippen molar-refractivity contribution in [1.29, 1.82) is 0 Å². The van der Waals surface area contributed by atoms with Crippen LogP contribution >= 0.6 is 0 Å². The highest BCUT2D eigenvalue weighted by Gasteiger charge is 2.58. The Labute approximate surface area is 141 Å². The second-order valence-corrected chi connectivity index (χ2v) is 9.96. The minimum Gasteiger partial charge on any atom is -0.390 e. The molecule has 3 unspecified atom stereocenters. The number of carbonyl (C=O) groups is 1. The zero-order chi connectivity index (χ0) is 16.4. The van der Waals surface area contributed by atoms with Gasteiger partial charge in [0.25, 0.3) is 0 Å². The summed E-state index contributed by atoms with van der Waals surface area (Å²) in [4.78, 5) is 12.1. The second kappa shape index (κ2) is 5.31. The van der Waals surface area contributed by atoms with E-state index < -0.39 is 5.60 Å². The normalized spacial score (nSPS) is 55.7. The molecule has 0 heterocycles. The molecular weight excluding hydrogens is 284 g/mol. The number of Topliss-reactive ketones (excluding diaryl/α,β-unsaturated/α-hetero) is 1. The highest BCUT2D eigenvalue weighted by atomic mass is 16.3. The fourth-order valence-corrected chi connectivity index (χ4v) is 7.75. The molecule has 0 aromatic rings. The number of ketones is 1. The average molecular weight is 319 g/mol. The average Bonchev–Trinajstić information content (AvgIpc) is 2.83. The van der Waals surface area contributed by atoms with Gasteiger partial charge in [-0.25, -0.2) is 0 Å². The monoisotopic (exact) mass is 318 g/mol. The van der Waals surface area contributed by atoms with Crippen LogP contribution in [0.3, 0.4) is 0 Å². The molecule has 0 bridgehead atoms. The summed E-state index contributed by atoms with van der Waals surface area (Å²) >= 11 is 0. The molecule has 0 aliphatic heterocycles. The van der Waals surface area contributed by atoms with E-state index in [4.69, 9.17) is 0 Å². The molecule has 0 spiro atoms. The summed E-state index contributed by atoms with van der Waals surface area (Å²) in [7, 11) is 0. The molecule has 0 aromatic heterocycles. The van der Waals surface area contributed by atoms with Gasteiger partial charge in [-0.15, -0.1) is 0 Å². The molecule has 130 valence electrons. The van der Waals surface area contributed by atoms with Crippen LogP contribution < -0.4 is 0 Å². The zero-order valence-electron chi connectivity index (χ0n) is 15.2. The Morgan fingerprint density at radius 3 is 2.39 bits per heavy atom. The largest absolute Gasteiger partial charge is 0.390 e. The Bertz CT molecular complexity index is 496. The molecule has 4 fully saturated rings. The van der Waals surface area contributed by atoms with Crippen LogP contribution in [-0.2, 0) is 4.79 Å². The topological polar surface area (TPSA) is 37.3 Å². The minimum atomic E-state index is -0.412. The maximum Gasteiger partial charge on any atom is 0.133 e. The summed E-state index contributed by atoms with van der Waals surface area (Å²) < 4.78 is 0. The van der Waals surface area contributed by atoms with Crippen molar-refractivity contribution >= 4 is 5.78 Å². The summed E-state index contributed by atoms with van der Waals surface area (Å²) in [5.74, 6) is 4.92. The predicted octanol–water partition coefficient (Wildman–Crippen LogP) is 4.60. The summed E-state index contributed by atoms with van der Waals surface area (Å²) in [6.45, 7) is 6.30. The van der Waals surface area contributed by atoms with Crippen molar-refractivity contribution in [1.82, 2.24) is 0 Å². The number of aliphatic hydroxyl groups is 1. The first-order valence-corrected chi connectivity index (χ1v) is 10.0. The lowest BCUT2D eigenvalue weighted by atomic mass is 9.49. The van der Waals surface area contributed by atoms with Gasteiger partial charge in [-0.1, -0.05) is 6.92 Å². The minimum absolute atomic E-state index is 0.292. The van der Waals surface area contributed by atoms with E-state index in [0.717, 1.165) is 48.9 Å². The van der Waals surface area contributed by atoms with Crippen LogP contribution in [-0.4, -0.2) is 16.5 Å². The van der Waals surface area contributed by atoms with Crippen molar-refractivity contribution in [2.24, 2.45) is 40.9 Å². The van der Waals surface area contributed by atoms with Gasteiger partial charge in [0.05, 0.1) is 5.60 Å². The number of carbonyl (C=O) groups excluding carboxylic acids is 1. The third-order valence-electron chi connectivity index (χ3n) is 8.73. The standard InChI is InChI=1S/C21H34O2/c1-13(22)18-6-7-19-17-5-4-14-12-20(2,23)10-8-15(14)16(17)9-11-21(18,19)3/h14-19,23H,4-12H2,1-3H3/t14-,15+,16?,17?,18-,19?,20-,21-/m1/s1. The van der Waals surface area contributed by atoms with Crippen LogP contribution in [0.15, 0.2) is 0 Å². The predicted molar refractivity (Wildman–Crippen MR) is 91.9 cm³/mol. The van der Waals surface area contributed by atoms with E-state index >= 15 is 0 Å². The maximum absolute atomic E-state index is 12.1. The van der Waals surface area contributed by atoms with Gasteiger partial charge < -0.3 is 5.11 Å². The zero-order valence-corrected chi connectivity index (χ0v) is 15.2. The smallest absolute Gasteiger partial charge is 0.133 e. The first-order chi connectivity index (χ1) is 10.8. The van der Waals surface area contributed by atoms with Crippen molar-refractivity contribution in [3.05, 3.63) is 0 Å². The van der Waals surface area contributed by atoms with E-state index in [1.807, 2.05) is 13.8 Å². The summed E-state index contributed by atoms with van der Waals surface area (Å²) in [6, 6.07) is 0. The lowest BCUT2D eigenvalue weighted by Gasteiger charge is -2.56. The summed E-state index contributed by atoms with van der Waals surface area (Å²) in [5.41, 5.74) is -0.121. The molecule has 4 aliphatic carbocycles. The van der Waals surface area contributed by atoms with Gasteiger partial charge >= 0.3 is 0 Å². The fraction of sp³-hybridized carbons (Fsp3) is 0.952. The third kappa shape index (κ3) is 2.42. The van der Waals surface area contributed by atoms with Crippen molar-refractivity contribution in [2.75, 3.05) is 0 Å². The Hall–Kier alpha value is -0.370. The third-order valence-corrected chi connectivity index (χ3v) is 8.73. The maximum atomic E-state index is 12.1. The molecule has 0 radical (unpaired) electrons. The van der Waals surface area contributed by atoms with Crippen molar-refractivity contribution in [2.45, 2.75) is 84.2 Å². The Balaban J connectivity index is 1.56.